The number of hydrogen-bond donors (Lipinski definition) is 0. The molecule has 88 valence electrons. The predicted molar refractivity (Wildman–Crippen MR) is 60.1 cm³/mol. The first-order chi connectivity index (χ1) is 7.70. The van der Waals surface area contributed by atoms with Gasteiger partial charge in [0, 0.05) is 12.4 Å². The smallest absolute Gasteiger partial charge is 0.341 e. The minimum absolute atomic E-state index is 0.356. The third-order valence-electron chi connectivity index (χ3n) is 2.03. The van der Waals surface area contributed by atoms with Crippen molar-refractivity contribution < 1.29 is 9.53 Å². The van der Waals surface area contributed by atoms with E-state index in [1.54, 1.807) is 0 Å². The summed E-state index contributed by atoms with van der Waals surface area (Å²) in [6, 6.07) is 0. The van der Waals surface area contributed by atoms with Crippen molar-refractivity contribution in [3.63, 3.8) is 0 Å². The van der Waals surface area contributed by atoms with Gasteiger partial charge in [-0.15, -0.1) is 0 Å². The Labute approximate surface area is 95.5 Å². The van der Waals surface area contributed by atoms with Gasteiger partial charge in [0.2, 0.25) is 0 Å². The molecule has 0 unspecified atom stereocenters. The van der Waals surface area contributed by atoms with Gasteiger partial charge in [-0.3, -0.25) is 0 Å². The van der Waals surface area contributed by atoms with Crippen molar-refractivity contribution in [1.82, 2.24) is 14.9 Å². The second-order valence-corrected chi connectivity index (χ2v) is 3.77. The number of esters is 1. The Kier molecular flexibility index (Phi) is 5.42. The molecule has 5 heteroatoms. The first-order valence-corrected chi connectivity index (χ1v) is 5.27. The molecular formula is C11H17N3O2. The molecule has 16 heavy (non-hydrogen) atoms. The zero-order valence-corrected chi connectivity index (χ0v) is 9.72. The molecule has 0 bridgehead atoms. The van der Waals surface area contributed by atoms with Gasteiger partial charge in [-0.2, -0.15) is 0 Å². The molecule has 0 saturated heterocycles. The minimum Gasteiger partial charge on any atom is -0.462 e. The molecular weight excluding hydrogens is 206 g/mol. The molecule has 0 saturated carbocycles. The second kappa shape index (κ2) is 6.90. The lowest BCUT2D eigenvalue weighted by molar-refractivity contribution is 0.0495. The van der Waals surface area contributed by atoms with Gasteiger partial charge >= 0.3 is 5.97 Å². The molecule has 1 aromatic rings. The van der Waals surface area contributed by atoms with Crippen LogP contribution in [0.5, 0.6) is 0 Å². The molecule has 0 aliphatic heterocycles. The molecule has 1 aromatic heterocycles. The maximum absolute atomic E-state index is 11.4. The van der Waals surface area contributed by atoms with E-state index in [1.165, 1.54) is 18.7 Å². The highest BCUT2D eigenvalue weighted by Crippen LogP contribution is 1.99. The Balaban J connectivity index is 2.16. The molecule has 0 aromatic carbocycles. The fourth-order valence-corrected chi connectivity index (χ4v) is 1.18. The van der Waals surface area contributed by atoms with Gasteiger partial charge in [0.25, 0.3) is 0 Å². The molecule has 0 spiro atoms. The van der Waals surface area contributed by atoms with Crippen molar-refractivity contribution in [2.24, 2.45) is 0 Å². The van der Waals surface area contributed by atoms with Crippen LogP contribution >= 0.6 is 0 Å². The van der Waals surface area contributed by atoms with Gasteiger partial charge in [0.15, 0.2) is 0 Å². The molecule has 0 fully saturated rings. The van der Waals surface area contributed by atoms with Crippen molar-refractivity contribution in [3.05, 3.63) is 24.3 Å². The monoisotopic (exact) mass is 223 g/mol. The van der Waals surface area contributed by atoms with E-state index in [-0.39, 0.29) is 5.97 Å². The Hall–Kier alpha value is -1.49. The quantitative estimate of drug-likeness (QED) is 0.531. The van der Waals surface area contributed by atoms with Crippen LogP contribution in [-0.2, 0) is 4.74 Å². The summed E-state index contributed by atoms with van der Waals surface area (Å²) >= 11 is 0. The standard InChI is InChI=1S/C11H17N3O2/c1-14(2)5-3-4-6-16-11(15)10-7-12-9-13-8-10/h7-9H,3-6H2,1-2H3. The molecule has 0 aliphatic rings. The molecule has 0 aliphatic carbocycles. The summed E-state index contributed by atoms with van der Waals surface area (Å²) in [6.45, 7) is 1.45. The van der Waals surface area contributed by atoms with Crippen LogP contribution in [-0.4, -0.2) is 48.1 Å². The number of rotatable bonds is 6. The van der Waals surface area contributed by atoms with E-state index in [4.69, 9.17) is 4.74 Å². The van der Waals surface area contributed by atoms with Crippen LogP contribution in [0.2, 0.25) is 0 Å². The van der Waals surface area contributed by atoms with Gasteiger partial charge < -0.3 is 9.64 Å². The van der Waals surface area contributed by atoms with Crippen LogP contribution < -0.4 is 0 Å². The minimum atomic E-state index is -0.356. The van der Waals surface area contributed by atoms with Crippen molar-refractivity contribution in [2.45, 2.75) is 12.8 Å². The number of unbranched alkanes of at least 4 members (excludes halogenated alkanes) is 1. The van der Waals surface area contributed by atoms with E-state index in [9.17, 15) is 4.79 Å². The SMILES string of the molecule is CN(C)CCCCOC(=O)c1cncnc1. The van der Waals surface area contributed by atoms with Crippen LogP contribution in [0.1, 0.15) is 23.2 Å². The van der Waals surface area contributed by atoms with Crippen molar-refractivity contribution in [2.75, 3.05) is 27.2 Å². The largest absolute Gasteiger partial charge is 0.462 e. The van der Waals surface area contributed by atoms with Crippen molar-refractivity contribution in [1.29, 1.82) is 0 Å². The number of hydrogen-bond acceptors (Lipinski definition) is 5. The molecule has 1 heterocycles. The van der Waals surface area contributed by atoms with E-state index in [0.29, 0.717) is 12.2 Å². The van der Waals surface area contributed by atoms with E-state index in [2.05, 4.69) is 14.9 Å². The third-order valence-corrected chi connectivity index (χ3v) is 2.03. The maximum Gasteiger partial charge on any atom is 0.341 e. The lowest BCUT2D eigenvalue weighted by Crippen LogP contribution is -2.14. The van der Waals surface area contributed by atoms with E-state index in [0.717, 1.165) is 19.4 Å². The van der Waals surface area contributed by atoms with Gasteiger partial charge in [0.05, 0.1) is 12.2 Å². The molecule has 0 radical (unpaired) electrons. The summed E-state index contributed by atoms with van der Waals surface area (Å²) < 4.78 is 5.07. The number of ether oxygens (including phenoxy) is 1. The number of nitrogens with zero attached hydrogens (tertiary/aromatic N) is 3. The highest BCUT2D eigenvalue weighted by atomic mass is 16.5. The third kappa shape index (κ3) is 4.84. The fraction of sp³-hybridized carbons (Fsp3) is 0.545. The van der Waals surface area contributed by atoms with Crippen LogP contribution in [0.15, 0.2) is 18.7 Å². The molecule has 1 rings (SSSR count). The summed E-state index contributed by atoms with van der Waals surface area (Å²) in [5.74, 6) is -0.356. The van der Waals surface area contributed by atoms with E-state index in [1.807, 2.05) is 14.1 Å². The van der Waals surface area contributed by atoms with E-state index < -0.39 is 0 Å². The summed E-state index contributed by atoms with van der Waals surface area (Å²) in [4.78, 5) is 21.0. The van der Waals surface area contributed by atoms with E-state index >= 15 is 0 Å². The van der Waals surface area contributed by atoms with Crippen LogP contribution in [0.4, 0.5) is 0 Å². The molecule has 0 amide bonds. The lowest BCUT2D eigenvalue weighted by Gasteiger charge is -2.08. The Morgan fingerprint density at radius 3 is 2.62 bits per heavy atom. The summed E-state index contributed by atoms with van der Waals surface area (Å²) in [5, 5.41) is 0. The average molecular weight is 223 g/mol. The summed E-state index contributed by atoms with van der Waals surface area (Å²) in [7, 11) is 4.04. The zero-order valence-electron chi connectivity index (χ0n) is 9.72. The number of carbonyl (C=O) groups is 1. The lowest BCUT2D eigenvalue weighted by atomic mass is 10.3. The van der Waals surface area contributed by atoms with Crippen molar-refractivity contribution in [3.8, 4) is 0 Å². The Morgan fingerprint density at radius 1 is 1.31 bits per heavy atom. The topological polar surface area (TPSA) is 55.3 Å². The van der Waals surface area contributed by atoms with Gasteiger partial charge in [-0.05, 0) is 33.5 Å². The van der Waals surface area contributed by atoms with Crippen LogP contribution in [0.3, 0.4) is 0 Å². The molecule has 5 nitrogen and oxygen atoms in total. The van der Waals surface area contributed by atoms with Gasteiger partial charge in [0.1, 0.15) is 6.33 Å². The first-order valence-electron chi connectivity index (χ1n) is 5.27. The normalized spacial score (nSPS) is 10.4. The maximum atomic E-state index is 11.4. The molecule has 0 atom stereocenters. The van der Waals surface area contributed by atoms with Gasteiger partial charge in [-0.25, -0.2) is 14.8 Å². The molecule has 0 N–H and O–H groups in total. The van der Waals surface area contributed by atoms with Crippen LogP contribution in [0.25, 0.3) is 0 Å². The van der Waals surface area contributed by atoms with Crippen LogP contribution in [0, 0.1) is 0 Å². The van der Waals surface area contributed by atoms with Gasteiger partial charge in [-0.1, -0.05) is 0 Å². The zero-order chi connectivity index (χ0) is 11.8. The fourth-order valence-electron chi connectivity index (χ4n) is 1.18. The second-order valence-electron chi connectivity index (χ2n) is 3.77. The Bertz CT molecular complexity index is 314. The summed E-state index contributed by atoms with van der Waals surface area (Å²) in [6.07, 6.45) is 6.18. The first kappa shape index (κ1) is 12.6. The summed E-state index contributed by atoms with van der Waals surface area (Å²) in [5.41, 5.74) is 0.398. The Morgan fingerprint density at radius 2 is 2.00 bits per heavy atom. The number of aromatic nitrogens is 2. The highest BCUT2D eigenvalue weighted by molar-refractivity contribution is 5.88. The average Bonchev–Trinajstić information content (AvgIpc) is 2.29. The van der Waals surface area contributed by atoms with Crippen molar-refractivity contribution >= 4 is 5.97 Å². The highest BCUT2D eigenvalue weighted by Gasteiger charge is 2.06. The predicted octanol–water partition coefficient (Wildman–Crippen LogP) is 0.975. The number of carbonyl (C=O) groups excluding carboxylic acids is 1.